The molecule has 2 unspecified atom stereocenters. The van der Waals surface area contributed by atoms with Crippen molar-refractivity contribution in [3.8, 4) is 0 Å². The van der Waals surface area contributed by atoms with Gasteiger partial charge in [0.1, 0.15) is 0 Å². The molecule has 1 aliphatic rings. The number of nitrogens with two attached hydrogens (primary N) is 1. The van der Waals surface area contributed by atoms with E-state index in [1.54, 1.807) is 0 Å². The summed E-state index contributed by atoms with van der Waals surface area (Å²) in [6, 6.07) is 6.32. The zero-order chi connectivity index (χ0) is 14.7. The summed E-state index contributed by atoms with van der Waals surface area (Å²) in [7, 11) is 1.94. The number of rotatable bonds is 3. The number of hydrogen-bond donors (Lipinski definition) is 1. The number of carbonyl (C=O) groups is 1. The van der Waals surface area contributed by atoms with E-state index in [1.165, 1.54) is 12.8 Å². The summed E-state index contributed by atoms with van der Waals surface area (Å²) >= 11 is 0. The van der Waals surface area contributed by atoms with Gasteiger partial charge in [0.15, 0.2) is 0 Å². The van der Waals surface area contributed by atoms with Crippen LogP contribution in [0.5, 0.6) is 0 Å². The normalized spacial score (nSPS) is 22.6. The van der Waals surface area contributed by atoms with Crippen molar-refractivity contribution in [2.45, 2.75) is 45.6 Å². The Balaban J connectivity index is 2.23. The molecule has 1 aliphatic carbocycles. The molecule has 0 bridgehead atoms. The summed E-state index contributed by atoms with van der Waals surface area (Å²) in [5.41, 5.74) is 8.86. The van der Waals surface area contributed by atoms with Crippen molar-refractivity contribution >= 4 is 5.91 Å². The second-order valence-corrected chi connectivity index (χ2v) is 6.03. The summed E-state index contributed by atoms with van der Waals surface area (Å²) < 4.78 is 0. The zero-order valence-corrected chi connectivity index (χ0v) is 12.9. The Morgan fingerprint density at radius 2 is 1.85 bits per heavy atom. The van der Waals surface area contributed by atoms with Gasteiger partial charge in [-0.2, -0.15) is 0 Å². The topological polar surface area (TPSA) is 46.3 Å². The number of nitrogens with zero attached hydrogens (tertiary/aromatic N) is 1. The molecule has 1 aromatic rings. The summed E-state index contributed by atoms with van der Waals surface area (Å²) in [5, 5.41) is 0. The van der Waals surface area contributed by atoms with Gasteiger partial charge in [-0.25, -0.2) is 0 Å². The van der Waals surface area contributed by atoms with Crippen molar-refractivity contribution in [3.63, 3.8) is 0 Å². The minimum Gasteiger partial charge on any atom is -0.338 e. The van der Waals surface area contributed by atoms with Gasteiger partial charge in [0.2, 0.25) is 0 Å². The minimum atomic E-state index is 0.144. The van der Waals surface area contributed by atoms with Crippen molar-refractivity contribution in [1.29, 1.82) is 0 Å². The lowest BCUT2D eigenvalue weighted by atomic mass is 9.83. The first-order chi connectivity index (χ1) is 9.56. The molecule has 0 aromatic heterocycles. The summed E-state index contributed by atoms with van der Waals surface area (Å²) in [5.74, 6) is 0.591. The lowest BCUT2D eigenvalue weighted by Gasteiger charge is -2.38. The first-order valence-corrected chi connectivity index (χ1v) is 7.59. The van der Waals surface area contributed by atoms with Crippen LogP contribution in [0.25, 0.3) is 0 Å². The molecule has 1 aromatic carbocycles. The molecule has 20 heavy (non-hydrogen) atoms. The highest BCUT2D eigenvalue weighted by Gasteiger charge is 2.31. The fraction of sp³-hybridized carbons (Fsp3) is 0.588. The van der Waals surface area contributed by atoms with E-state index in [0.717, 1.165) is 29.5 Å². The van der Waals surface area contributed by atoms with Crippen LogP contribution in [0.1, 0.15) is 47.2 Å². The highest BCUT2D eigenvalue weighted by atomic mass is 16.2. The maximum absolute atomic E-state index is 12.8. The van der Waals surface area contributed by atoms with Crippen molar-refractivity contribution in [1.82, 2.24) is 4.90 Å². The van der Waals surface area contributed by atoms with Gasteiger partial charge in [0, 0.05) is 18.7 Å². The van der Waals surface area contributed by atoms with Gasteiger partial charge in [-0.05, 0) is 50.3 Å². The number of amides is 1. The molecular formula is C17H26N2O. The average molecular weight is 274 g/mol. The van der Waals surface area contributed by atoms with E-state index in [4.69, 9.17) is 5.73 Å². The molecule has 0 saturated heterocycles. The number of aryl methyl sites for hydroxylation is 2. The van der Waals surface area contributed by atoms with Crippen molar-refractivity contribution in [2.24, 2.45) is 11.7 Å². The van der Waals surface area contributed by atoms with Crippen LogP contribution in [0.2, 0.25) is 0 Å². The van der Waals surface area contributed by atoms with E-state index < -0.39 is 0 Å². The van der Waals surface area contributed by atoms with Gasteiger partial charge in [0.25, 0.3) is 5.91 Å². The molecule has 1 amide bonds. The Morgan fingerprint density at radius 1 is 1.25 bits per heavy atom. The van der Waals surface area contributed by atoms with Crippen LogP contribution < -0.4 is 5.73 Å². The smallest absolute Gasteiger partial charge is 0.254 e. The number of benzene rings is 1. The molecule has 0 aliphatic heterocycles. The zero-order valence-electron chi connectivity index (χ0n) is 12.9. The monoisotopic (exact) mass is 274 g/mol. The molecule has 0 heterocycles. The van der Waals surface area contributed by atoms with Gasteiger partial charge >= 0.3 is 0 Å². The highest BCUT2D eigenvalue weighted by molar-refractivity contribution is 5.97. The molecule has 1 fully saturated rings. The largest absolute Gasteiger partial charge is 0.338 e. The van der Waals surface area contributed by atoms with Crippen molar-refractivity contribution < 1.29 is 4.79 Å². The highest BCUT2D eigenvalue weighted by Crippen LogP contribution is 2.28. The van der Waals surface area contributed by atoms with Gasteiger partial charge in [-0.3, -0.25) is 4.79 Å². The van der Waals surface area contributed by atoms with E-state index >= 15 is 0 Å². The van der Waals surface area contributed by atoms with Crippen LogP contribution in [-0.4, -0.2) is 30.4 Å². The quantitative estimate of drug-likeness (QED) is 0.921. The van der Waals surface area contributed by atoms with E-state index in [1.807, 2.05) is 44.0 Å². The maximum atomic E-state index is 12.8. The lowest BCUT2D eigenvalue weighted by molar-refractivity contribution is 0.0619. The Hall–Kier alpha value is -1.35. The van der Waals surface area contributed by atoms with E-state index in [-0.39, 0.29) is 5.91 Å². The molecule has 2 atom stereocenters. The minimum absolute atomic E-state index is 0.144. The van der Waals surface area contributed by atoms with Crippen LogP contribution in [-0.2, 0) is 0 Å². The van der Waals surface area contributed by atoms with E-state index in [9.17, 15) is 4.79 Å². The molecular weight excluding hydrogens is 248 g/mol. The Labute approximate surface area is 122 Å². The van der Waals surface area contributed by atoms with Crippen LogP contribution in [0, 0.1) is 19.8 Å². The Kier molecular flexibility index (Phi) is 4.81. The number of hydrogen-bond acceptors (Lipinski definition) is 2. The van der Waals surface area contributed by atoms with E-state index in [2.05, 4.69) is 0 Å². The molecule has 110 valence electrons. The number of carbonyl (C=O) groups excluding carboxylic acids is 1. The van der Waals surface area contributed by atoms with Gasteiger partial charge in [0.05, 0.1) is 0 Å². The first kappa shape index (κ1) is 15.0. The van der Waals surface area contributed by atoms with Crippen LogP contribution in [0.15, 0.2) is 18.2 Å². The van der Waals surface area contributed by atoms with Crippen LogP contribution >= 0.6 is 0 Å². The molecule has 1 saturated carbocycles. The third-order valence-electron chi connectivity index (χ3n) is 4.68. The third-order valence-corrected chi connectivity index (χ3v) is 4.68. The summed E-state index contributed by atoms with van der Waals surface area (Å²) in [6.07, 6.45) is 4.66. The SMILES string of the molecule is Cc1cccc(C)c1C(=O)N(C)C1CCCCC1CN. The third kappa shape index (κ3) is 2.88. The maximum Gasteiger partial charge on any atom is 0.254 e. The standard InChI is InChI=1S/C17H26N2O/c1-12-7-6-8-13(2)16(12)17(20)19(3)15-10-5-4-9-14(15)11-18/h6-8,14-15H,4-5,9-11,18H2,1-3H3. The molecule has 2 N–H and O–H groups in total. The fourth-order valence-electron chi connectivity index (χ4n) is 3.45. The molecule has 0 radical (unpaired) electrons. The summed E-state index contributed by atoms with van der Waals surface area (Å²) in [4.78, 5) is 14.8. The molecule has 0 spiro atoms. The Bertz CT molecular complexity index is 464. The lowest BCUT2D eigenvalue weighted by Crippen LogP contribution is -2.46. The molecule has 3 heteroatoms. The second kappa shape index (κ2) is 6.40. The van der Waals surface area contributed by atoms with Crippen molar-refractivity contribution in [2.75, 3.05) is 13.6 Å². The predicted molar refractivity (Wildman–Crippen MR) is 82.8 cm³/mol. The van der Waals surface area contributed by atoms with Crippen LogP contribution in [0.3, 0.4) is 0 Å². The van der Waals surface area contributed by atoms with Gasteiger partial charge in [-0.1, -0.05) is 31.0 Å². The van der Waals surface area contributed by atoms with Crippen molar-refractivity contribution in [3.05, 3.63) is 34.9 Å². The van der Waals surface area contributed by atoms with Crippen LogP contribution in [0.4, 0.5) is 0 Å². The molecule has 3 nitrogen and oxygen atoms in total. The summed E-state index contributed by atoms with van der Waals surface area (Å²) in [6.45, 7) is 4.69. The second-order valence-electron chi connectivity index (χ2n) is 6.03. The molecule has 2 rings (SSSR count). The average Bonchev–Trinajstić information content (AvgIpc) is 2.46. The van der Waals surface area contributed by atoms with E-state index in [0.29, 0.717) is 18.5 Å². The first-order valence-electron chi connectivity index (χ1n) is 7.59. The fourth-order valence-corrected chi connectivity index (χ4v) is 3.45. The predicted octanol–water partition coefficient (Wildman–Crippen LogP) is 2.89. The van der Waals surface area contributed by atoms with Gasteiger partial charge in [-0.15, -0.1) is 0 Å². The Morgan fingerprint density at radius 3 is 2.45 bits per heavy atom. The van der Waals surface area contributed by atoms with Gasteiger partial charge < -0.3 is 10.6 Å².